The lowest BCUT2D eigenvalue weighted by molar-refractivity contribution is 0.259. The van der Waals surface area contributed by atoms with E-state index in [1.807, 2.05) is 31.2 Å². The number of aromatic hydroxyl groups is 1. The molecule has 0 amide bonds. The van der Waals surface area contributed by atoms with E-state index in [2.05, 4.69) is 38.5 Å². The average Bonchev–Trinajstić information content (AvgIpc) is 2.65. The maximum Gasteiger partial charge on any atom is 0.150 e. The molecule has 1 aliphatic rings. The van der Waals surface area contributed by atoms with Crippen LogP contribution < -0.4 is 4.74 Å². The molecular formula is C22H15BrFIO2. The van der Waals surface area contributed by atoms with E-state index in [4.69, 9.17) is 4.74 Å². The predicted molar refractivity (Wildman–Crippen MR) is 117 cm³/mol. The van der Waals surface area contributed by atoms with Gasteiger partial charge in [-0.2, -0.15) is 0 Å². The fraction of sp³-hybridized carbons (Fsp3) is 0.0909. The summed E-state index contributed by atoms with van der Waals surface area (Å²) in [5.74, 6) is 0.580. The van der Waals surface area contributed by atoms with Gasteiger partial charge in [-0.15, -0.1) is 0 Å². The minimum atomic E-state index is -0.323. The van der Waals surface area contributed by atoms with E-state index in [0.717, 1.165) is 31.4 Å². The Labute approximate surface area is 179 Å². The van der Waals surface area contributed by atoms with Crippen LogP contribution in [0, 0.1) is 9.39 Å². The molecule has 3 aromatic rings. The third-order valence-corrected chi connectivity index (χ3v) is 6.05. The van der Waals surface area contributed by atoms with Crippen LogP contribution in [0.3, 0.4) is 0 Å². The number of hydrogen-bond donors (Lipinski definition) is 1. The Morgan fingerprint density at radius 1 is 1.04 bits per heavy atom. The Morgan fingerprint density at radius 3 is 2.37 bits per heavy atom. The van der Waals surface area contributed by atoms with Gasteiger partial charge < -0.3 is 9.84 Å². The van der Waals surface area contributed by atoms with Gasteiger partial charge in [0.15, 0.2) is 0 Å². The normalized spacial score (nSPS) is 16.1. The van der Waals surface area contributed by atoms with Crippen LogP contribution in [-0.4, -0.2) is 5.11 Å². The third kappa shape index (κ3) is 3.50. The van der Waals surface area contributed by atoms with Gasteiger partial charge in [0.05, 0.1) is 4.47 Å². The zero-order chi connectivity index (χ0) is 19.1. The van der Waals surface area contributed by atoms with Gasteiger partial charge in [0.2, 0.25) is 0 Å². The van der Waals surface area contributed by atoms with Gasteiger partial charge in [0.1, 0.15) is 23.4 Å². The van der Waals surface area contributed by atoms with Crippen LogP contribution in [0.2, 0.25) is 0 Å². The highest BCUT2D eigenvalue weighted by Gasteiger charge is 2.30. The smallest absolute Gasteiger partial charge is 0.150 e. The highest BCUT2D eigenvalue weighted by atomic mass is 127. The molecule has 136 valence electrons. The Balaban J connectivity index is 1.94. The fourth-order valence-corrected chi connectivity index (χ4v) is 4.01. The van der Waals surface area contributed by atoms with E-state index < -0.39 is 0 Å². The van der Waals surface area contributed by atoms with Crippen LogP contribution in [0.4, 0.5) is 4.39 Å². The summed E-state index contributed by atoms with van der Waals surface area (Å²) in [6.07, 6.45) is -0.323. The molecule has 1 heterocycles. The summed E-state index contributed by atoms with van der Waals surface area (Å²) >= 11 is 5.63. The SMILES string of the molecule is CC1=C(c2ccc(F)cc2)[C@H](c2ccc(I)cc2)Oc2cc(Br)c(O)cc21. The molecule has 1 N–H and O–H groups in total. The van der Waals surface area contributed by atoms with Gasteiger partial charge in [-0.1, -0.05) is 24.3 Å². The van der Waals surface area contributed by atoms with Crippen molar-refractivity contribution < 1.29 is 14.2 Å². The summed E-state index contributed by atoms with van der Waals surface area (Å²) in [6.45, 7) is 2.01. The lowest BCUT2D eigenvalue weighted by Crippen LogP contribution is -2.16. The third-order valence-electron chi connectivity index (χ3n) is 4.69. The first-order chi connectivity index (χ1) is 12.9. The number of ether oxygens (including phenoxy) is 1. The summed E-state index contributed by atoms with van der Waals surface area (Å²) in [6, 6.07) is 18.1. The van der Waals surface area contributed by atoms with Crippen molar-refractivity contribution in [2.75, 3.05) is 0 Å². The molecule has 0 unspecified atom stereocenters. The number of phenolic OH excluding ortho intramolecular Hbond substituents is 1. The van der Waals surface area contributed by atoms with E-state index >= 15 is 0 Å². The molecule has 27 heavy (non-hydrogen) atoms. The molecule has 0 saturated heterocycles. The van der Waals surface area contributed by atoms with Crippen LogP contribution >= 0.6 is 38.5 Å². The largest absolute Gasteiger partial charge is 0.507 e. The fourth-order valence-electron chi connectivity index (χ4n) is 3.33. The quantitative estimate of drug-likeness (QED) is 0.359. The van der Waals surface area contributed by atoms with Crippen molar-refractivity contribution in [2.24, 2.45) is 0 Å². The summed E-state index contributed by atoms with van der Waals surface area (Å²) in [5, 5.41) is 10.1. The van der Waals surface area contributed by atoms with Gasteiger partial charge in [-0.05, 0) is 98.5 Å². The minimum Gasteiger partial charge on any atom is -0.507 e. The van der Waals surface area contributed by atoms with Crippen LogP contribution in [0.25, 0.3) is 11.1 Å². The molecule has 0 saturated carbocycles. The molecule has 4 rings (SSSR count). The number of halogens is 3. The van der Waals surface area contributed by atoms with E-state index in [0.29, 0.717) is 10.2 Å². The van der Waals surface area contributed by atoms with Crippen molar-refractivity contribution in [3.05, 3.63) is 91.2 Å². The summed E-state index contributed by atoms with van der Waals surface area (Å²) in [5.41, 5.74) is 4.70. The number of fused-ring (bicyclic) bond motifs is 1. The zero-order valence-electron chi connectivity index (χ0n) is 14.3. The van der Waals surface area contributed by atoms with Gasteiger partial charge in [-0.3, -0.25) is 0 Å². The number of hydrogen-bond acceptors (Lipinski definition) is 2. The highest BCUT2D eigenvalue weighted by Crippen LogP contribution is 2.48. The standard InChI is InChI=1S/C22H15BrFIO2/c1-12-17-10-19(26)18(23)11-20(17)27-22(14-4-8-16(25)9-5-14)21(12)13-2-6-15(24)7-3-13/h2-11,22,26H,1H3/t22-/m0/s1. The summed E-state index contributed by atoms with van der Waals surface area (Å²) in [4.78, 5) is 0. The van der Waals surface area contributed by atoms with Crippen molar-refractivity contribution in [3.8, 4) is 11.5 Å². The van der Waals surface area contributed by atoms with Crippen molar-refractivity contribution in [2.45, 2.75) is 13.0 Å². The molecule has 0 radical (unpaired) electrons. The monoisotopic (exact) mass is 536 g/mol. The van der Waals surface area contributed by atoms with Gasteiger partial charge in [0, 0.05) is 14.7 Å². The minimum absolute atomic E-state index is 0.155. The second kappa shape index (κ2) is 7.28. The van der Waals surface area contributed by atoms with Crippen molar-refractivity contribution >= 4 is 49.7 Å². The lowest BCUT2D eigenvalue weighted by atomic mass is 9.86. The van der Waals surface area contributed by atoms with E-state index in [1.165, 1.54) is 12.1 Å². The molecule has 0 bridgehead atoms. The van der Waals surface area contributed by atoms with Crippen LogP contribution in [0.5, 0.6) is 11.5 Å². The average molecular weight is 537 g/mol. The van der Waals surface area contributed by atoms with Crippen LogP contribution in [0.1, 0.15) is 29.7 Å². The van der Waals surface area contributed by atoms with Crippen LogP contribution in [0.15, 0.2) is 65.1 Å². The van der Waals surface area contributed by atoms with E-state index in [-0.39, 0.29) is 17.7 Å². The first-order valence-electron chi connectivity index (χ1n) is 8.36. The first-order valence-corrected chi connectivity index (χ1v) is 10.2. The van der Waals surface area contributed by atoms with E-state index in [1.54, 1.807) is 24.3 Å². The molecule has 0 fully saturated rings. The Hall–Kier alpha value is -1.86. The molecule has 0 spiro atoms. The Bertz CT molecular complexity index is 1040. The molecule has 5 heteroatoms. The van der Waals surface area contributed by atoms with E-state index in [9.17, 15) is 9.50 Å². The molecule has 1 atom stereocenters. The molecule has 3 aromatic carbocycles. The van der Waals surface area contributed by atoms with Crippen molar-refractivity contribution in [1.82, 2.24) is 0 Å². The molecule has 2 nitrogen and oxygen atoms in total. The number of phenols is 1. The number of benzene rings is 3. The molecule has 1 aliphatic heterocycles. The Kier molecular flexibility index (Phi) is 4.99. The Morgan fingerprint density at radius 2 is 1.70 bits per heavy atom. The van der Waals surface area contributed by atoms with Crippen molar-refractivity contribution in [3.63, 3.8) is 0 Å². The van der Waals surface area contributed by atoms with Gasteiger partial charge in [-0.25, -0.2) is 4.39 Å². The maximum absolute atomic E-state index is 13.5. The summed E-state index contributed by atoms with van der Waals surface area (Å²) in [7, 11) is 0. The number of rotatable bonds is 2. The van der Waals surface area contributed by atoms with Gasteiger partial charge in [0.25, 0.3) is 0 Å². The highest BCUT2D eigenvalue weighted by molar-refractivity contribution is 14.1. The maximum atomic E-state index is 13.5. The molecular weight excluding hydrogens is 522 g/mol. The topological polar surface area (TPSA) is 29.5 Å². The predicted octanol–water partition coefficient (Wildman–Crippen LogP) is 6.96. The lowest BCUT2D eigenvalue weighted by Gasteiger charge is -2.31. The molecule has 0 aromatic heterocycles. The zero-order valence-corrected chi connectivity index (χ0v) is 18.1. The second-order valence-electron chi connectivity index (χ2n) is 6.39. The van der Waals surface area contributed by atoms with Gasteiger partial charge >= 0.3 is 0 Å². The van der Waals surface area contributed by atoms with Crippen molar-refractivity contribution in [1.29, 1.82) is 0 Å². The van der Waals surface area contributed by atoms with Crippen LogP contribution in [-0.2, 0) is 0 Å². The first kappa shape index (κ1) is 18.5. The summed E-state index contributed by atoms with van der Waals surface area (Å²) < 4.78 is 21.6. The molecule has 0 aliphatic carbocycles. The second-order valence-corrected chi connectivity index (χ2v) is 8.49. The number of allylic oxidation sites excluding steroid dienone is 1.